The van der Waals surface area contributed by atoms with Crippen molar-refractivity contribution in [1.29, 1.82) is 0 Å². The molecular formula is C11H8F2N4O2. The van der Waals surface area contributed by atoms with Gasteiger partial charge in [-0.3, -0.25) is 10.1 Å². The highest BCUT2D eigenvalue weighted by Gasteiger charge is 2.21. The Morgan fingerprint density at radius 1 is 1.26 bits per heavy atom. The molecule has 1 N–H and O–H groups in total. The monoisotopic (exact) mass is 266 g/mol. The van der Waals surface area contributed by atoms with Crippen molar-refractivity contribution in [3.63, 3.8) is 0 Å². The number of nitrogens with zero attached hydrogens (tertiary/aromatic N) is 3. The van der Waals surface area contributed by atoms with Crippen molar-refractivity contribution in [3.05, 3.63) is 58.2 Å². The number of halogens is 2. The van der Waals surface area contributed by atoms with Crippen LogP contribution in [-0.2, 0) is 6.54 Å². The van der Waals surface area contributed by atoms with E-state index in [1.807, 2.05) is 0 Å². The minimum Gasteiger partial charge on any atom is -0.373 e. The summed E-state index contributed by atoms with van der Waals surface area (Å²) in [6, 6.07) is 1.62. The molecule has 98 valence electrons. The summed E-state index contributed by atoms with van der Waals surface area (Å²) in [4.78, 5) is 17.4. The van der Waals surface area contributed by atoms with E-state index in [2.05, 4.69) is 15.3 Å². The molecule has 0 fully saturated rings. The zero-order valence-electron chi connectivity index (χ0n) is 9.51. The van der Waals surface area contributed by atoms with E-state index in [0.717, 1.165) is 6.07 Å². The first-order chi connectivity index (χ1) is 9.09. The third-order valence-corrected chi connectivity index (χ3v) is 2.35. The molecule has 0 saturated carbocycles. The Balaban J connectivity index is 2.28. The molecule has 0 unspecified atom stereocenters. The average Bonchev–Trinajstić information content (AvgIpc) is 2.41. The lowest BCUT2D eigenvalue weighted by molar-refractivity contribution is -0.384. The van der Waals surface area contributed by atoms with Gasteiger partial charge in [-0.2, -0.15) is 0 Å². The fourth-order valence-electron chi connectivity index (χ4n) is 1.47. The molecule has 6 nitrogen and oxygen atoms in total. The van der Waals surface area contributed by atoms with Crippen LogP contribution < -0.4 is 5.32 Å². The van der Waals surface area contributed by atoms with E-state index in [9.17, 15) is 18.9 Å². The zero-order valence-corrected chi connectivity index (χ0v) is 9.51. The molecule has 0 saturated heterocycles. The number of hydrogen-bond donors (Lipinski definition) is 1. The second kappa shape index (κ2) is 5.34. The summed E-state index contributed by atoms with van der Waals surface area (Å²) < 4.78 is 26.6. The van der Waals surface area contributed by atoms with Crippen LogP contribution >= 0.6 is 0 Å². The van der Waals surface area contributed by atoms with E-state index in [4.69, 9.17) is 0 Å². The van der Waals surface area contributed by atoms with Crippen LogP contribution in [0.15, 0.2) is 30.9 Å². The van der Waals surface area contributed by atoms with Crippen LogP contribution in [0.2, 0.25) is 0 Å². The zero-order chi connectivity index (χ0) is 13.8. The van der Waals surface area contributed by atoms with Gasteiger partial charge in [0.1, 0.15) is 6.33 Å². The van der Waals surface area contributed by atoms with Crippen LogP contribution in [-0.4, -0.2) is 14.9 Å². The maximum atomic E-state index is 13.6. The summed E-state index contributed by atoms with van der Waals surface area (Å²) in [6.07, 6.45) is 4.24. The fraction of sp³-hybridized carbons (Fsp3) is 0.0909. The SMILES string of the molecule is O=[N+]([O-])c1ccc(F)c(F)c1NCc1cncnc1. The maximum Gasteiger partial charge on any atom is 0.295 e. The maximum absolute atomic E-state index is 13.6. The Hall–Kier alpha value is -2.64. The Morgan fingerprint density at radius 2 is 1.95 bits per heavy atom. The van der Waals surface area contributed by atoms with Gasteiger partial charge in [0.2, 0.25) is 0 Å². The van der Waals surface area contributed by atoms with Crippen LogP contribution in [0.3, 0.4) is 0 Å². The molecule has 2 aromatic rings. The van der Waals surface area contributed by atoms with Gasteiger partial charge in [-0.05, 0) is 6.07 Å². The van der Waals surface area contributed by atoms with Gasteiger partial charge in [0.05, 0.1) is 4.92 Å². The Morgan fingerprint density at radius 3 is 2.58 bits per heavy atom. The Bertz CT molecular complexity index is 607. The summed E-state index contributed by atoms with van der Waals surface area (Å²) in [6.45, 7) is 0.0437. The first-order valence-corrected chi connectivity index (χ1v) is 5.19. The van der Waals surface area contributed by atoms with Crippen LogP contribution in [0.4, 0.5) is 20.2 Å². The number of nitro benzene ring substituents is 1. The van der Waals surface area contributed by atoms with E-state index in [0.29, 0.717) is 11.6 Å². The van der Waals surface area contributed by atoms with Crippen molar-refractivity contribution < 1.29 is 13.7 Å². The van der Waals surface area contributed by atoms with Crippen LogP contribution in [0.5, 0.6) is 0 Å². The van der Waals surface area contributed by atoms with E-state index in [1.165, 1.54) is 18.7 Å². The fourth-order valence-corrected chi connectivity index (χ4v) is 1.47. The van der Waals surface area contributed by atoms with E-state index in [-0.39, 0.29) is 6.54 Å². The molecule has 1 heterocycles. The molecule has 1 aromatic carbocycles. The number of nitro groups is 1. The summed E-state index contributed by atoms with van der Waals surface area (Å²) in [5.41, 5.74) is -0.440. The highest BCUT2D eigenvalue weighted by molar-refractivity contribution is 5.62. The lowest BCUT2D eigenvalue weighted by atomic mass is 10.2. The molecule has 0 bridgehead atoms. The molecule has 0 amide bonds. The number of anilines is 1. The van der Waals surface area contributed by atoms with Gasteiger partial charge in [-0.25, -0.2) is 18.7 Å². The first-order valence-electron chi connectivity index (χ1n) is 5.19. The molecule has 0 atom stereocenters. The molecule has 19 heavy (non-hydrogen) atoms. The summed E-state index contributed by atoms with van der Waals surface area (Å²) >= 11 is 0. The highest BCUT2D eigenvalue weighted by atomic mass is 19.2. The number of rotatable bonds is 4. The van der Waals surface area contributed by atoms with Crippen molar-refractivity contribution in [2.24, 2.45) is 0 Å². The van der Waals surface area contributed by atoms with Crippen molar-refractivity contribution in [2.45, 2.75) is 6.54 Å². The molecule has 1 aromatic heterocycles. The van der Waals surface area contributed by atoms with Gasteiger partial charge in [-0.1, -0.05) is 0 Å². The summed E-state index contributed by atoms with van der Waals surface area (Å²) in [5, 5.41) is 13.2. The number of benzene rings is 1. The first kappa shape index (κ1) is 12.8. The third-order valence-electron chi connectivity index (χ3n) is 2.35. The highest BCUT2D eigenvalue weighted by Crippen LogP contribution is 2.29. The lowest BCUT2D eigenvalue weighted by Gasteiger charge is -2.08. The molecule has 2 rings (SSSR count). The van der Waals surface area contributed by atoms with Gasteiger partial charge < -0.3 is 5.32 Å². The molecule has 0 spiro atoms. The second-order valence-electron chi connectivity index (χ2n) is 3.61. The normalized spacial score (nSPS) is 10.2. The van der Waals surface area contributed by atoms with E-state index < -0.39 is 27.9 Å². The van der Waals surface area contributed by atoms with Gasteiger partial charge in [-0.15, -0.1) is 0 Å². The number of hydrogen-bond acceptors (Lipinski definition) is 5. The molecule has 0 aliphatic carbocycles. The minimum atomic E-state index is -1.29. The van der Waals surface area contributed by atoms with Gasteiger partial charge in [0, 0.05) is 30.6 Å². The van der Waals surface area contributed by atoms with E-state index >= 15 is 0 Å². The van der Waals surface area contributed by atoms with Crippen LogP contribution in [0.25, 0.3) is 0 Å². The van der Waals surface area contributed by atoms with Crippen molar-refractivity contribution in [1.82, 2.24) is 9.97 Å². The standard InChI is InChI=1S/C11H8F2N4O2/c12-8-1-2-9(17(18)19)11(10(8)13)16-5-7-3-14-6-15-4-7/h1-4,6,16H,5H2. The average molecular weight is 266 g/mol. The van der Waals surface area contributed by atoms with Crippen LogP contribution in [0.1, 0.15) is 5.56 Å². The van der Waals surface area contributed by atoms with Crippen LogP contribution in [0, 0.1) is 21.7 Å². The quantitative estimate of drug-likeness (QED) is 0.678. The molecular weight excluding hydrogens is 258 g/mol. The predicted octanol–water partition coefficient (Wildman–Crippen LogP) is 2.28. The van der Waals surface area contributed by atoms with E-state index in [1.54, 1.807) is 0 Å². The number of nitrogens with one attached hydrogen (secondary N) is 1. The van der Waals surface area contributed by atoms with Crippen molar-refractivity contribution in [2.75, 3.05) is 5.32 Å². The second-order valence-corrected chi connectivity index (χ2v) is 3.61. The summed E-state index contributed by atoms with van der Waals surface area (Å²) in [5.74, 6) is -2.44. The third kappa shape index (κ3) is 2.79. The Labute approximate surface area is 106 Å². The molecule has 0 radical (unpaired) electrons. The van der Waals surface area contributed by atoms with Crippen molar-refractivity contribution >= 4 is 11.4 Å². The van der Waals surface area contributed by atoms with Gasteiger partial charge in [0.15, 0.2) is 17.3 Å². The van der Waals surface area contributed by atoms with Gasteiger partial charge in [0.25, 0.3) is 5.69 Å². The van der Waals surface area contributed by atoms with Gasteiger partial charge >= 0.3 is 0 Å². The molecule has 8 heteroatoms. The lowest BCUT2D eigenvalue weighted by Crippen LogP contribution is -2.06. The minimum absolute atomic E-state index is 0.0437. The molecule has 0 aliphatic rings. The smallest absolute Gasteiger partial charge is 0.295 e. The molecule has 0 aliphatic heterocycles. The predicted molar refractivity (Wildman–Crippen MR) is 62.4 cm³/mol. The number of aromatic nitrogens is 2. The summed E-state index contributed by atoms with van der Waals surface area (Å²) in [7, 11) is 0. The Kier molecular flexibility index (Phi) is 3.60. The largest absolute Gasteiger partial charge is 0.373 e. The van der Waals surface area contributed by atoms with Crippen molar-refractivity contribution in [3.8, 4) is 0 Å². The topological polar surface area (TPSA) is 81.0 Å².